The lowest BCUT2D eigenvalue weighted by molar-refractivity contribution is -0.143. The van der Waals surface area contributed by atoms with E-state index in [4.69, 9.17) is 4.74 Å². The van der Waals surface area contributed by atoms with E-state index < -0.39 is 41.8 Å². The first-order chi connectivity index (χ1) is 22.4. The molecule has 0 bridgehead atoms. The monoisotopic (exact) mass is 646 g/mol. The van der Waals surface area contributed by atoms with Gasteiger partial charge in [0, 0.05) is 29.3 Å². The summed E-state index contributed by atoms with van der Waals surface area (Å²) in [4.78, 5) is 26.0. The van der Waals surface area contributed by atoms with Gasteiger partial charge in [-0.3, -0.25) is 9.59 Å². The molecule has 3 N–H and O–H groups in total. The predicted octanol–water partition coefficient (Wildman–Crippen LogP) is 6.87. The number of methoxy groups -OCH3 is 2. The minimum atomic E-state index is -1.16. The molecule has 4 aromatic rings. The van der Waals surface area contributed by atoms with E-state index in [2.05, 4.69) is 10.1 Å². The second-order valence-electron chi connectivity index (χ2n) is 11.5. The number of hydrogen-bond acceptors (Lipinski definition) is 6. The van der Waals surface area contributed by atoms with Gasteiger partial charge in [0.05, 0.1) is 38.9 Å². The van der Waals surface area contributed by atoms with E-state index in [1.54, 1.807) is 37.5 Å². The lowest BCUT2D eigenvalue weighted by Crippen LogP contribution is -2.29. The molecule has 8 nitrogen and oxygen atoms in total. The Hall–Kier alpha value is -4.80. The zero-order valence-corrected chi connectivity index (χ0v) is 27.0. The lowest BCUT2D eigenvalue weighted by atomic mass is 9.94. The van der Waals surface area contributed by atoms with Crippen LogP contribution in [0.15, 0.2) is 78.9 Å². The number of nitrogens with one attached hydrogen (secondary N) is 1. The molecule has 4 rings (SSSR count). The first-order valence-corrected chi connectivity index (χ1v) is 15.3. The smallest absolute Gasteiger partial charge is 0.308 e. The van der Waals surface area contributed by atoms with E-state index >= 15 is 0 Å². The number of carbonyl (C=O) groups is 2. The van der Waals surface area contributed by atoms with Crippen molar-refractivity contribution in [1.29, 1.82) is 0 Å². The van der Waals surface area contributed by atoms with E-state index in [0.29, 0.717) is 33.7 Å². The topological polar surface area (TPSA) is 110 Å². The summed E-state index contributed by atoms with van der Waals surface area (Å²) in [6.07, 6.45) is 0.384. The zero-order valence-electron chi connectivity index (χ0n) is 27.0. The van der Waals surface area contributed by atoms with Gasteiger partial charge in [-0.2, -0.15) is 0 Å². The zero-order chi connectivity index (χ0) is 34.2. The number of hydrogen-bond donors (Lipinski definition) is 3. The number of aromatic nitrogens is 1. The van der Waals surface area contributed by atoms with Crippen molar-refractivity contribution in [3.8, 4) is 28.0 Å². The summed E-state index contributed by atoms with van der Waals surface area (Å²) in [6, 6.07) is 18.2. The first-order valence-electron chi connectivity index (χ1n) is 15.3. The highest BCUT2D eigenvalue weighted by Crippen LogP contribution is 2.43. The van der Waals surface area contributed by atoms with Crippen molar-refractivity contribution in [1.82, 2.24) is 9.88 Å². The molecular weight excluding hydrogens is 606 g/mol. The van der Waals surface area contributed by atoms with E-state index in [-0.39, 0.29) is 24.6 Å². The number of carbonyl (C=O) groups excluding carboxylic acids is 2. The van der Waals surface area contributed by atoms with Crippen LogP contribution in [0, 0.1) is 11.6 Å². The highest BCUT2D eigenvalue weighted by Gasteiger charge is 2.30. The van der Waals surface area contributed by atoms with Gasteiger partial charge in [0.2, 0.25) is 0 Å². The molecule has 10 heteroatoms. The number of amides is 1. The van der Waals surface area contributed by atoms with E-state index in [9.17, 15) is 28.6 Å². The Balaban J connectivity index is 1.91. The van der Waals surface area contributed by atoms with Crippen molar-refractivity contribution >= 4 is 18.0 Å². The Kier molecular flexibility index (Phi) is 11.7. The molecule has 0 aliphatic rings. The highest BCUT2D eigenvalue weighted by atomic mass is 19.1. The second-order valence-corrected chi connectivity index (χ2v) is 11.5. The molecule has 3 atom stereocenters. The third kappa shape index (κ3) is 8.52. The standard InChI is InChI=1S/C37H40F2N2O6/c1-22(2)41-32(19-16-29(42)20-30(43)21-33(44)47-5)34(25-6-12-27(38)13-7-25)35(26-8-14-28(39)15-9-26)36(41)37(45)40-23(3)24-10-17-31(46-4)18-11-24/h6-19,22-23,29-30,42-43H,20-21H2,1-5H3,(H,40,45)/t23-,29+,30+/m0/s1. The van der Waals surface area contributed by atoms with Crippen LogP contribution in [0.4, 0.5) is 8.78 Å². The summed E-state index contributed by atoms with van der Waals surface area (Å²) in [6.45, 7) is 5.67. The van der Waals surface area contributed by atoms with Crippen molar-refractivity contribution in [3.05, 3.63) is 107 Å². The summed E-state index contributed by atoms with van der Waals surface area (Å²) in [5.74, 6) is -1.23. The average molecular weight is 647 g/mol. The van der Waals surface area contributed by atoms with E-state index in [1.807, 2.05) is 49.6 Å². The molecule has 0 radical (unpaired) electrons. The van der Waals surface area contributed by atoms with Gasteiger partial charge < -0.3 is 29.6 Å². The molecule has 0 unspecified atom stereocenters. The van der Waals surface area contributed by atoms with Crippen molar-refractivity contribution in [2.75, 3.05) is 14.2 Å². The Morgan fingerprint density at radius 3 is 1.91 bits per heavy atom. The Labute approximate surface area is 273 Å². The van der Waals surface area contributed by atoms with Crippen LogP contribution < -0.4 is 10.1 Å². The molecule has 1 amide bonds. The predicted molar refractivity (Wildman–Crippen MR) is 177 cm³/mol. The molecule has 0 fully saturated rings. The van der Waals surface area contributed by atoms with Crippen LogP contribution in [-0.2, 0) is 9.53 Å². The van der Waals surface area contributed by atoms with Crippen LogP contribution in [0.2, 0.25) is 0 Å². The van der Waals surface area contributed by atoms with Gasteiger partial charge in [-0.1, -0.05) is 42.5 Å². The number of aliphatic hydroxyl groups is 2. The van der Waals surface area contributed by atoms with Gasteiger partial charge in [0.25, 0.3) is 5.91 Å². The lowest BCUT2D eigenvalue weighted by Gasteiger charge is -2.20. The molecule has 0 saturated carbocycles. The number of halogens is 2. The molecule has 0 aliphatic heterocycles. The molecule has 248 valence electrons. The fourth-order valence-corrected chi connectivity index (χ4v) is 5.50. The Morgan fingerprint density at radius 2 is 1.40 bits per heavy atom. The van der Waals surface area contributed by atoms with Gasteiger partial charge in [-0.25, -0.2) is 8.78 Å². The molecule has 0 saturated heterocycles. The van der Waals surface area contributed by atoms with Crippen molar-refractivity contribution < 1.29 is 38.1 Å². The fraction of sp³-hybridized carbons (Fsp3) is 0.297. The fourth-order valence-electron chi connectivity index (χ4n) is 5.50. The Morgan fingerprint density at radius 1 is 0.851 bits per heavy atom. The molecule has 47 heavy (non-hydrogen) atoms. The minimum Gasteiger partial charge on any atom is -0.497 e. The Bertz CT molecular complexity index is 1700. The normalized spacial score (nSPS) is 13.4. The van der Waals surface area contributed by atoms with Crippen LogP contribution in [0.1, 0.15) is 67.4 Å². The minimum absolute atomic E-state index is 0.141. The summed E-state index contributed by atoms with van der Waals surface area (Å²) in [5, 5.41) is 24.2. The largest absolute Gasteiger partial charge is 0.497 e. The first kappa shape index (κ1) is 35.1. The van der Waals surface area contributed by atoms with Gasteiger partial charge in [-0.05, 0) is 79.9 Å². The van der Waals surface area contributed by atoms with Gasteiger partial charge in [0.1, 0.15) is 23.1 Å². The number of esters is 1. The third-order valence-corrected chi connectivity index (χ3v) is 7.82. The van der Waals surface area contributed by atoms with Crippen LogP contribution in [0.25, 0.3) is 28.3 Å². The SMILES string of the molecule is COC(=O)C[C@H](O)C[C@H](O)C=Cc1c(-c2ccc(F)cc2)c(-c2ccc(F)cc2)c(C(=O)N[C@@H](C)c2ccc(OC)cc2)n1C(C)C. The van der Waals surface area contributed by atoms with Crippen LogP contribution >= 0.6 is 0 Å². The summed E-state index contributed by atoms with van der Waals surface area (Å²) in [7, 11) is 2.79. The third-order valence-electron chi connectivity index (χ3n) is 7.82. The maximum Gasteiger partial charge on any atom is 0.308 e. The summed E-state index contributed by atoms with van der Waals surface area (Å²) >= 11 is 0. The van der Waals surface area contributed by atoms with Gasteiger partial charge >= 0.3 is 5.97 Å². The summed E-state index contributed by atoms with van der Waals surface area (Å²) < 4.78 is 40.0. The molecule has 1 aromatic heterocycles. The van der Waals surface area contributed by atoms with Crippen LogP contribution in [0.3, 0.4) is 0 Å². The molecule has 0 aliphatic carbocycles. The number of ether oxygens (including phenoxy) is 2. The van der Waals surface area contributed by atoms with Crippen molar-refractivity contribution in [2.24, 2.45) is 0 Å². The quantitative estimate of drug-likeness (QED) is 0.137. The van der Waals surface area contributed by atoms with E-state index in [1.165, 1.54) is 37.5 Å². The van der Waals surface area contributed by atoms with Gasteiger partial charge in [0.15, 0.2) is 0 Å². The van der Waals surface area contributed by atoms with Gasteiger partial charge in [-0.15, -0.1) is 0 Å². The van der Waals surface area contributed by atoms with Crippen molar-refractivity contribution in [2.45, 2.75) is 57.9 Å². The molecule has 1 heterocycles. The van der Waals surface area contributed by atoms with Crippen LogP contribution in [-0.4, -0.2) is 53.1 Å². The number of nitrogens with zero attached hydrogens (tertiary/aromatic N) is 1. The molecular formula is C37H40F2N2O6. The highest BCUT2D eigenvalue weighted by molar-refractivity contribution is 6.06. The van der Waals surface area contributed by atoms with E-state index in [0.717, 1.165) is 5.56 Å². The maximum atomic E-state index is 14.4. The molecule has 3 aromatic carbocycles. The second kappa shape index (κ2) is 15.7. The molecule has 0 spiro atoms. The number of benzene rings is 3. The van der Waals surface area contributed by atoms with Crippen LogP contribution in [0.5, 0.6) is 5.75 Å². The summed E-state index contributed by atoms with van der Waals surface area (Å²) in [5.41, 5.74) is 3.84. The number of aliphatic hydroxyl groups excluding tert-OH is 2. The maximum absolute atomic E-state index is 14.4. The number of rotatable bonds is 13. The average Bonchev–Trinajstić information content (AvgIpc) is 3.39. The van der Waals surface area contributed by atoms with Crippen molar-refractivity contribution in [3.63, 3.8) is 0 Å².